The summed E-state index contributed by atoms with van der Waals surface area (Å²) in [6.07, 6.45) is 0. The van der Waals surface area contributed by atoms with Gasteiger partial charge in [-0.3, -0.25) is 4.79 Å². The minimum absolute atomic E-state index is 0.0348. The first-order valence-electron chi connectivity index (χ1n) is 3.79. The van der Waals surface area contributed by atoms with Crippen LogP contribution >= 0.6 is 33.9 Å². The second kappa shape index (κ2) is 4.92. The monoisotopic (exact) mass is 311 g/mol. The van der Waals surface area contributed by atoms with E-state index in [2.05, 4.69) is 27.9 Å². The first-order valence-corrected chi connectivity index (χ1v) is 5.75. The van der Waals surface area contributed by atoms with E-state index in [0.717, 1.165) is 2.88 Å². The molecule has 0 aromatic carbocycles. The summed E-state index contributed by atoms with van der Waals surface area (Å²) in [6.45, 7) is 1.72. The molecule has 1 atom stereocenters. The molecule has 2 N–H and O–H groups in total. The van der Waals surface area contributed by atoms with Crippen LogP contribution in [0.5, 0.6) is 0 Å². The SMILES string of the molecule is C[C@H](CO)NC(=O)c1csc(I)c1. The third-order valence-corrected chi connectivity index (χ3v) is 3.27. The van der Waals surface area contributed by atoms with Gasteiger partial charge in [0.25, 0.3) is 5.91 Å². The van der Waals surface area contributed by atoms with Gasteiger partial charge in [-0.15, -0.1) is 11.3 Å². The second-order valence-electron chi connectivity index (χ2n) is 2.70. The molecule has 0 aliphatic carbocycles. The number of aliphatic hydroxyl groups excluding tert-OH is 1. The smallest absolute Gasteiger partial charge is 0.252 e. The fourth-order valence-electron chi connectivity index (χ4n) is 0.782. The van der Waals surface area contributed by atoms with Crippen molar-refractivity contribution in [3.05, 3.63) is 19.9 Å². The van der Waals surface area contributed by atoms with Gasteiger partial charge in [0.2, 0.25) is 0 Å². The zero-order valence-electron chi connectivity index (χ0n) is 7.08. The van der Waals surface area contributed by atoms with E-state index >= 15 is 0 Å². The number of rotatable bonds is 3. The van der Waals surface area contributed by atoms with Crippen molar-refractivity contribution in [2.24, 2.45) is 0 Å². The Kier molecular flexibility index (Phi) is 4.14. The molecule has 0 unspecified atom stereocenters. The number of carbonyl (C=O) groups is 1. The van der Waals surface area contributed by atoms with Crippen LogP contribution in [0.15, 0.2) is 11.4 Å². The molecule has 0 fully saturated rings. The molecule has 0 saturated heterocycles. The van der Waals surface area contributed by atoms with Gasteiger partial charge < -0.3 is 10.4 Å². The molecule has 72 valence electrons. The lowest BCUT2D eigenvalue weighted by molar-refractivity contribution is 0.0923. The molecule has 3 nitrogen and oxygen atoms in total. The zero-order chi connectivity index (χ0) is 9.84. The van der Waals surface area contributed by atoms with Crippen molar-refractivity contribution < 1.29 is 9.90 Å². The number of halogens is 1. The molecule has 0 saturated carbocycles. The first kappa shape index (κ1) is 10.9. The van der Waals surface area contributed by atoms with E-state index in [1.54, 1.807) is 12.3 Å². The Balaban J connectivity index is 2.58. The lowest BCUT2D eigenvalue weighted by Crippen LogP contribution is -2.34. The molecule has 1 aromatic rings. The molecule has 0 spiro atoms. The largest absolute Gasteiger partial charge is 0.394 e. The number of aliphatic hydroxyl groups is 1. The van der Waals surface area contributed by atoms with E-state index in [1.165, 1.54) is 11.3 Å². The van der Waals surface area contributed by atoms with E-state index in [9.17, 15) is 4.79 Å². The number of amides is 1. The molecule has 5 heteroatoms. The highest BCUT2D eigenvalue weighted by atomic mass is 127. The van der Waals surface area contributed by atoms with Gasteiger partial charge in [-0.25, -0.2) is 0 Å². The van der Waals surface area contributed by atoms with Gasteiger partial charge in [-0.2, -0.15) is 0 Å². The van der Waals surface area contributed by atoms with Crippen LogP contribution in [0.1, 0.15) is 17.3 Å². The van der Waals surface area contributed by atoms with Crippen LogP contribution in [0.25, 0.3) is 0 Å². The summed E-state index contributed by atoms with van der Waals surface area (Å²) in [4.78, 5) is 11.4. The molecule has 0 radical (unpaired) electrons. The Morgan fingerprint density at radius 3 is 3.00 bits per heavy atom. The summed E-state index contributed by atoms with van der Waals surface area (Å²) >= 11 is 3.70. The Morgan fingerprint density at radius 1 is 1.85 bits per heavy atom. The van der Waals surface area contributed by atoms with Crippen LogP contribution in [0.3, 0.4) is 0 Å². The Bertz CT molecular complexity index is 300. The van der Waals surface area contributed by atoms with Gasteiger partial charge in [0.1, 0.15) is 0 Å². The molecule has 0 bridgehead atoms. The van der Waals surface area contributed by atoms with Gasteiger partial charge in [-0.1, -0.05) is 0 Å². The maximum absolute atomic E-state index is 11.4. The normalized spacial score (nSPS) is 12.5. The predicted molar refractivity (Wildman–Crippen MR) is 61.1 cm³/mol. The second-order valence-corrected chi connectivity index (χ2v) is 5.50. The van der Waals surface area contributed by atoms with E-state index < -0.39 is 0 Å². The minimum Gasteiger partial charge on any atom is -0.394 e. The van der Waals surface area contributed by atoms with Crippen molar-refractivity contribution in [2.45, 2.75) is 13.0 Å². The molecule has 13 heavy (non-hydrogen) atoms. The predicted octanol–water partition coefficient (Wildman–Crippen LogP) is 1.46. The fourth-order valence-corrected chi connectivity index (χ4v) is 2.11. The molecule has 1 aromatic heterocycles. The van der Waals surface area contributed by atoms with E-state index in [1.807, 2.05) is 6.07 Å². The van der Waals surface area contributed by atoms with Crippen LogP contribution < -0.4 is 5.32 Å². The number of thiophene rings is 1. The van der Waals surface area contributed by atoms with Gasteiger partial charge in [0, 0.05) is 11.4 Å². The lowest BCUT2D eigenvalue weighted by atomic mass is 10.3. The topological polar surface area (TPSA) is 49.3 Å². The fraction of sp³-hybridized carbons (Fsp3) is 0.375. The molecular weight excluding hydrogens is 301 g/mol. The quantitative estimate of drug-likeness (QED) is 0.831. The van der Waals surface area contributed by atoms with Gasteiger partial charge in [0.15, 0.2) is 0 Å². The van der Waals surface area contributed by atoms with Gasteiger partial charge >= 0.3 is 0 Å². The average molecular weight is 311 g/mol. The van der Waals surface area contributed by atoms with Crippen LogP contribution in [-0.2, 0) is 0 Å². The van der Waals surface area contributed by atoms with Crippen molar-refractivity contribution >= 4 is 39.8 Å². The highest BCUT2D eigenvalue weighted by Crippen LogP contribution is 2.16. The van der Waals surface area contributed by atoms with E-state index in [4.69, 9.17) is 5.11 Å². The van der Waals surface area contributed by atoms with E-state index in [-0.39, 0.29) is 18.6 Å². The molecule has 1 amide bonds. The summed E-state index contributed by atoms with van der Waals surface area (Å²) < 4.78 is 1.08. The van der Waals surface area contributed by atoms with Crippen molar-refractivity contribution in [2.75, 3.05) is 6.61 Å². The minimum atomic E-state index is -0.190. The lowest BCUT2D eigenvalue weighted by Gasteiger charge is -2.08. The van der Waals surface area contributed by atoms with Gasteiger partial charge in [-0.05, 0) is 35.6 Å². The Hall–Kier alpha value is -0.140. The maximum atomic E-state index is 11.4. The van der Waals surface area contributed by atoms with Crippen molar-refractivity contribution in [1.82, 2.24) is 5.32 Å². The molecule has 0 aliphatic heterocycles. The summed E-state index contributed by atoms with van der Waals surface area (Å²) in [5, 5.41) is 13.2. The summed E-state index contributed by atoms with van der Waals surface area (Å²) in [6, 6.07) is 1.63. The standard InChI is InChI=1S/C8H10INO2S/c1-5(3-11)10-8(12)6-2-7(9)13-4-6/h2,4-5,11H,3H2,1H3,(H,10,12)/t5-/m1/s1. The molecule has 1 rings (SSSR count). The van der Waals surface area contributed by atoms with Crippen LogP contribution in [-0.4, -0.2) is 23.7 Å². The number of nitrogens with one attached hydrogen (secondary N) is 1. The van der Waals surface area contributed by atoms with Crippen molar-refractivity contribution in [3.8, 4) is 0 Å². The first-order chi connectivity index (χ1) is 6.13. The zero-order valence-corrected chi connectivity index (χ0v) is 10.1. The molecular formula is C8H10INO2S. The summed E-state index contributed by atoms with van der Waals surface area (Å²) in [5.74, 6) is -0.124. The Labute approximate surface area is 94.3 Å². The highest BCUT2D eigenvalue weighted by molar-refractivity contribution is 14.1. The third kappa shape index (κ3) is 3.24. The van der Waals surface area contributed by atoms with E-state index in [0.29, 0.717) is 5.56 Å². The Morgan fingerprint density at radius 2 is 2.54 bits per heavy atom. The number of hydrogen-bond acceptors (Lipinski definition) is 3. The van der Waals surface area contributed by atoms with Gasteiger partial charge in [0.05, 0.1) is 15.1 Å². The molecule has 1 heterocycles. The highest BCUT2D eigenvalue weighted by Gasteiger charge is 2.09. The summed E-state index contributed by atoms with van der Waals surface area (Å²) in [7, 11) is 0. The van der Waals surface area contributed by atoms with Crippen molar-refractivity contribution in [3.63, 3.8) is 0 Å². The number of hydrogen-bond donors (Lipinski definition) is 2. The number of carbonyl (C=O) groups excluding carboxylic acids is 1. The average Bonchev–Trinajstić information content (AvgIpc) is 2.51. The van der Waals surface area contributed by atoms with Crippen LogP contribution in [0, 0.1) is 2.88 Å². The maximum Gasteiger partial charge on any atom is 0.252 e. The van der Waals surface area contributed by atoms with Crippen molar-refractivity contribution in [1.29, 1.82) is 0 Å². The van der Waals surface area contributed by atoms with Crippen LogP contribution in [0.4, 0.5) is 0 Å². The third-order valence-electron chi connectivity index (χ3n) is 1.48. The molecule has 0 aliphatic rings. The summed E-state index contributed by atoms with van der Waals surface area (Å²) in [5.41, 5.74) is 0.662. The van der Waals surface area contributed by atoms with Crippen LogP contribution in [0.2, 0.25) is 0 Å².